The Bertz CT molecular complexity index is 796. The number of hydrogen-bond donors (Lipinski definition) is 1. The van der Waals surface area contributed by atoms with Gasteiger partial charge in [0, 0.05) is 0 Å². The standard InChI is InChI=1S/C23H29N3/c1-26(2)22(23-24-20-10-6-7-11-21(20)25-23)19-14-12-18(13-15-19)16-17-8-4-3-5-9-17/h3-11,18-19,22H,12-16H2,1-2H3,(H,24,25). The number of benzene rings is 2. The molecule has 1 saturated carbocycles. The second kappa shape index (κ2) is 7.63. The first-order valence-corrected chi connectivity index (χ1v) is 9.85. The molecule has 1 unspecified atom stereocenters. The predicted molar refractivity (Wildman–Crippen MR) is 108 cm³/mol. The predicted octanol–water partition coefficient (Wildman–Crippen LogP) is 5.21. The van der Waals surface area contributed by atoms with Gasteiger partial charge in [-0.3, -0.25) is 4.90 Å². The zero-order chi connectivity index (χ0) is 17.9. The van der Waals surface area contributed by atoms with Crippen molar-refractivity contribution in [2.24, 2.45) is 11.8 Å². The Morgan fingerprint density at radius 1 is 0.962 bits per heavy atom. The highest BCUT2D eigenvalue weighted by atomic mass is 15.1. The molecule has 1 fully saturated rings. The van der Waals surface area contributed by atoms with Crippen molar-refractivity contribution < 1.29 is 0 Å². The summed E-state index contributed by atoms with van der Waals surface area (Å²) in [5.74, 6) is 2.63. The summed E-state index contributed by atoms with van der Waals surface area (Å²) in [6, 6.07) is 19.7. The molecule has 2 aromatic carbocycles. The van der Waals surface area contributed by atoms with Gasteiger partial charge in [-0.05, 0) is 75.7 Å². The van der Waals surface area contributed by atoms with Gasteiger partial charge in [-0.25, -0.2) is 4.98 Å². The van der Waals surface area contributed by atoms with E-state index in [9.17, 15) is 0 Å². The number of para-hydroxylation sites is 2. The Morgan fingerprint density at radius 3 is 2.35 bits per heavy atom. The van der Waals surface area contributed by atoms with E-state index in [2.05, 4.69) is 78.6 Å². The summed E-state index contributed by atoms with van der Waals surface area (Å²) in [7, 11) is 4.38. The number of aromatic amines is 1. The van der Waals surface area contributed by atoms with Gasteiger partial charge >= 0.3 is 0 Å². The summed E-state index contributed by atoms with van der Waals surface area (Å²) in [5, 5.41) is 0. The Hall–Kier alpha value is -2.13. The molecule has 1 N–H and O–H groups in total. The number of nitrogens with zero attached hydrogens (tertiary/aromatic N) is 2. The summed E-state index contributed by atoms with van der Waals surface area (Å²) in [6.07, 6.45) is 6.45. The minimum Gasteiger partial charge on any atom is -0.341 e. The second-order valence-electron chi connectivity index (χ2n) is 8.02. The minimum absolute atomic E-state index is 0.375. The van der Waals surface area contributed by atoms with Gasteiger partial charge in [0.15, 0.2) is 0 Å². The van der Waals surface area contributed by atoms with Gasteiger partial charge < -0.3 is 4.98 Å². The molecule has 3 aromatic rings. The van der Waals surface area contributed by atoms with E-state index in [-0.39, 0.29) is 0 Å². The quantitative estimate of drug-likeness (QED) is 0.686. The molecule has 0 aliphatic heterocycles. The fourth-order valence-electron chi connectivity index (χ4n) is 4.66. The van der Waals surface area contributed by atoms with E-state index in [0.29, 0.717) is 12.0 Å². The number of nitrogens with one attached hydrogen (secondary N) is 1. The van der Waals surface area contributed by atoms with Crippen LogP contribution in [-0.2, 0) is 6.42 Å². The Labute approximate surface area is 156 Å². The van der Waals surface area contributed by atoms with Crippen LogP contribution in [0.3, 0.4) is 0 Å². The van der Waals surface area contributed by atoms with Gasteiger partial charge in [0.1, 0.15) is 5.82 Å². The SMILES string of the molecule is CN(C)C(c1nc2ccccc2[nH]1)C1CCC(Cc2ccccc2)CC1. The monoisotopic (exact) mass is 347 g/mol. The third-order valence-electron chi connectivity index (χ3n) is 5.95. The van der Waals surface area contributed by atoms with Crippen molar-refractivity contribution in [3.05, 3.63) is 66.0 Å². The third kappa shape index (κ3) is 3.68. The van der Waals surface area contributed by atoms with Crippen molar-refractivity contribution in [1.29, 1.82) is 0 Å². The minimum atomic E-state index is 0.375. The molecule has 0 spiro atoms. The van der Waals surface area contributed by atoms with Crippen molar-refractivity contribution in [1.82, 2.24) is 14.9 Å². The largest absolute Gasteiger partial charge is 0.341 e. The molecule has 1 aromatic heterocycles. The molecule has 0 bridgehead atoms. The van der Waals surface area contributed by atoms with Crippen LogP contribution in [0.5, 0.6) is 0 Å². The molecule has 1 atom stereocenters. The van der Waals surface area contributed by atoms with Crippen LogP contribution in [0.25, 0.3) is 11.0 Å². The van der Waals surface area contributed by atoms with Crippen molar-refractivity contribution >= 4 is 11.0 Å². The molecule has 26 heavy (non-hydrogen) atoms. The zero-order valence-corrected chi connectivity index (χ0v) is 15.9. The van der Waals surface area contributed by atoms with Crippen molar-refractivity contribution in [2.45, 2.75) is 38.1 Å². The summed E-state index contributed by atoms with van der Waals surface area (Å²) in [5.41, 5.74) is 3.71. The van der Waals surface area contributed by atoms with Crippen LogP contribution in [0.4, 0.5) is 0 Å². The van der Waals surface area contributed by atoms with Crippen LogP contribution >= 0.6 is 0 Å². The van der Waals surface area contributed by atoms with Crippen molar-refractivity contribution in [3.63, 3.8) is 0 Å². The van der Waals surface area contributed by atoms with Crippen LogP contribution in [-0.4, -0.2) is 29.0 Å². The molecular formula is C23H29N3. The zero-order valence-electron chi connectivity index (χ0n) is 15.9. The molecule has 1 heterocycles. The highest BCUT2D eigenvalue weighted by molar-refractivity contribution is 5.74. The molecule has 136 valence electrons. The van der Waals surface area contributed by atoms with Gasteiger partial charge in [-0.15, -0.1) is 0 Å². The van der Waals surface area contributed by atoms with Gasteiger partial charge in [0.05, 0.1) is 17.1 Å². The molecule has 3 heteroatoms. The van der Waals surface area contributed by atoms with E-state index >= 15 is 0 Å². The van der Waals surface area contributed by atoms with E-state index in [1.54, 1.807) is 0 Å². The van der Waals surface area contributed by atoms with Gasteiger partial charge in [-0.1, -0.05) is 42.5 Å². The maximum absolute atomic E-state index is 4.90. The van der Waals surface area contributed by atoms with Gasteiger partial charge in [0.2, 0.25) is 0 Å². The molecule has 0 radical (unpaired) electrons. The summed E-state index contributed by atoms with van der Waals surface area (Å²) >= 11 is 0. The lowest BCUT2D eigenvalue weighted by Gasteiger charge is -2.36. The smallest absolute Gasteiger partial charge is 0.124 e. The van der Waals surface area contributed by atoms with E-state index in [4.69, 9.17) is 4.98 Å². The van der Waals surface area contributed by atoms with Crippen LogP contribution in [0.2, 0.25) is 0 Å². The van der Waals surface area contributed by atoms with Gasteiger partial charge in [-0.2, -0.15) is 0 Å². The summed E-state index contributed by atoms with van der Waals surface area (Å²) in [4.78, 5) is 10.8. The first kappa shape index (κ1) is 17.3. The normalized spacial score (nSPS) is 22.0. The first-order valence-electron chi connectivity index (χ1n) is 9.85. The summed E-state index contributed by atoms with van der Waals surface area (Å²) < 4.78 is 0. The Balaban J connectivity index is 1.45. The van der Waals surface area contributed by atoms with Gasteiger partial charge in [0.25, 0.3) is 0 Å². The lowest BCUT2D eigenvalue weighted by Crippen LogP contribution is -2.31. The van der Waals surface area contributed by atoms with E-state index in [1.165, 1.54) is 37.7 Å². The third-order valence-corrected chi connectivity index (χ3v) is 5.95. The fraction of sp³-hybridized carbons (Fsp3) is 0.435. The average Bonchev–Trinajstić information content (AvgIpc) is 3.07. The second-order valence-corrected chi connectivity index (χ2v) is 8.02. The molecule has 4 rings (SSSR count). The van der Waals surface area contributed by atoms with E-state index < -0.39 is 0 Å². The average molecular weight is 348 g/mol. The molecule has 1 aliphatic carbocycles. The lowest BCUT2D eigenvalue weighted by molar-refractivity contribution is 0.143. The molecule has 1 aliphatic rings. The van der Waals surface area contributed by atoms with E-state index in [0.717, 1.165) is 22.8 Å². The highest BCUT2D eigenvalue weighted by Crippen LogP contribution is 2.39. The maximum Gasteiger partial charge on any atom is 0.124 e. The number of fused-ring (bicyclic) bond motifs is 1. The molecule has 3 nitrogen and oxygen atoms in total. The van der Waals surface area contributed by atoms with Crippen molar-refractivity contribution in [2.75, 3.05) is 14.1 Å². The Morgan fingerprint density at radius 2 is 1.65 bits per heavy atom. The highest BCUT2D eigenvalue weighted by Gasteiger charge is 2.31. The van der Waals surface area contributed by atoms with Crippen LogP contribution in [0.15, 0.2) is 54.6 Å². The fourth-order valence-corrected chi connectivity index (χ4v) is 4.66. The summed E-state index contributed by atoms with van der Waals surface area (Å²) in [6.45, 7) is 0. The number of rotatable bonds is 5. The van der Waals surface area contributed by atoms with Crippen LogP contribution in [0.1, 0.15) is 43.1 Å². The number of imidazole rings is 1. The number of H-pyrrole nitrogens is 1. The molecule has 0 saturated heterocycles. The topological polar surface area (TPSA) is 31.9 Å². The van der Waals surface area contributed by atoms with E-state index in [1.807, 2.05) is 0 Å². The lowest BCUT2D eigenvalue weighted by atomic mass is 9.76. The first-order chi connectivity index (χ1) is 12.7. The number of hydrogen-bond acceptors (Lipinski definition) is 2. The maximum atomic E-state index is 4.90. The Kier molecular flexibility index (Phi) is 5.07. The van der Waals surface area contributed by atoms with Crippen molar-refractivity contribution in [3.8, 4) is 0 Å². The van der Waals surface area contributed by atoms with Crippen LogP contribution < -0.4 is 0 Å². The van der Waals surface area contributed by atoms with Crippen LogP contribution in [0, 0.1) is 11.8 Å². The molecular weight excluding hydrogens is 318 g/mol. The number of aromatic nitrogens is 2. The molecule has 0 amide bonds.